The highest BCUT2D eigenvalue weighted by Gasteiger charge is 2.38. The summed E-state index contributed by atoms with van der Waals surface area (Å²) in [5, 5.41) is 18.9. The van der Waals surface area contributed by atoms with Gasteiger partial charge in [0, 0.05) is 0 Å². The summed E-state index contributed by atoms with van der Waals surface area (Å²) in [6.45, 7) is 3.68. The number of aliphatic hydroxyl groups is 1. The molecule has 2 N–H and O–H groups in total. The molecule has 0 aromatic rings. The maximum Gasteiger partial charge on any atom is 0.340 e. The molecule has 0 aromatic heterocycles. The van der Waals surface area contributed by atoms with E-state index in [1.807, 2.05) is 19.1 Å². The molecule has 0 aliphatic heterocycles. The normalized spacial score (nSPS) is 25.4. The maximum atomic E-state index is 10.9. The fraction of sp³-hybridized carbons (Fsp3) is 0.545. The summed E-state index contributed by atoms with van der Waals surface area (Å²) >= 11 is 0. The van der Waals surface area contributed by atoms with E-state index in [0.717, 1.165) is 0 Å². The SMILES string of the molecule is CCC(O)(C(=O)O)C1=CC=CC(C)C1. The molecule has 0 fully saturated rings. The van der Waals surface area contributed by atoms with Gasteiger partial charge in [0.2, 0.25) is 0 Å². The molecule has 1 rings (SSSR count). The standard InChI is InChI=1S/C11H16O3/c1-3-11(14,10(12)13)9-6-4-5-8(2)7-9/h4-6,8,14H,3,7H2,1-2H3,(H,12,13). The molecule has 2 unspecified atom stereocenters. The van der Waals surface area contributed by atoms with Crippen LogP contribution in [0.15, 0.2) is 23.8 Å². The molecule has 0 spiro atoms. The second-order valence-electron chi connectivity index (χ2n) is 3.78. The van der Waals surface area contributed by atoms with Crippen LogP contribution in [-0.2, 0) is 4.79 Å². The molecule has 0 heterocycles. The topological polar surface area (TPSA) is 57.5 Å². The van der Waals surface area contributed by atoms with Crippen molar-refractivity contribution in [2.75, 3.05) is 0 Å². The third kappa shape index (κ3) is 1.87. The number of hydrogen-bond donors (Lipinski definition) is 2. The summed E-state index contributed by atoms with van der Waals surface area (Å²) in [5.74, 6) is -0.860. The lowest BCUT2D eigenvalue weighted by Crippen LogP contribution is -2.40. The van der Waals surface area contributed by atoms with Gasteiger partial charge in [0.05, 0.1) is 0 Å². The van der Waals surface area contributed by atoms with Crippen LogP contribution in [0.2, 0.25) is 0 Å². The second kappa shape index (κ2) is 3.96. The Morgan fingerprint density at radius 1 is 1.71 bits per heavy atom. The summed E-state index contributed by atoms with van der Waals surface area (Å²) < 4.78 is 0. The first-order valence-electron chi connectivity index (χ1n) is 4.84. The zero-order valence-electron chi connectivity index (χ0n) is 8.53. The van der Waals surface area contributed by atoms with Crippen LogP contribution >= 0.6 is 0 Å². The molecule has 0 aromatic carbocycles. The molecule has 2 atom stereocenters. The summed E-state index contributed by atoms with van der Waals surface area (Å²) in [6, 6.07) is 0. The molecule has 3 heteroatoms. The van der Waals surface area contributed by atoms with Gasteiger partial charge in [-0.1, -0.05) is 32.1 Å². The average Bonchev–Trinajstić information content (AvgIpc) is 2.16. The average molecular weight is 196 g/mol. The van der Waals surface area contributed by atoms with E-state index in [9.17, 15) is 9.90 Å². The Morgan fingerprint density at radius 2 is 2.36 bits per heavy atom. The molecule has 1 aliphatic carbocycles. The molecule has 0 bridgehead atoms. The lowest BCUT2D eigenvalue weighted by atomic mass is 9.82. The zero-order chi connectivity index (χ0) is 10.8. The van der Waals surface area contributed by atoms with E-state index in [4.69, 9.17) is 5.11 Å². The molecular weight excluding hydrogens is 180 g/mol. The number of carboxylic acids is 1. The van der Waals surface area contributed by atoms with Crippen LogP contribution in [0.3, 0.4) is 0 Å². The fourth-order valence-corrected chi connectivity index (χ4v) is 1.67. The van der Waals surface area contributed by atoms with Crippen molar-refractivity contribution in [1.29, 1.82) is 0 Å². The molecule has 14 heavy (non-hydrogen) atoms. The minimum Gasteiger partial charge on any atom is -0.479 e. The van der Waals surface area contributed by atoms with Gasteiger partial charge in [-0.25, -0.2) is 4.79 Å². The molecule has 1 aliphatic rings. The van der Waals surface area contributed by atoms with Gasteiger partial charge in [-0.05, 0) is 24.3 Å². The van der Waals surface area contributed by atoms with Crippen molar-refractivity contribution in [3.05, 3.63) is 23.8 Å². The van der Waals surface area contributed by atoms with E-state index in [1.165, 1.54) is 0 Å². The third-order valence-electron chi connectivity index (χ3n) is 2.68. The van der Waals surface area contributed by atoms with Gasteiger partial charge in [0.25, 0.3) is 0 Å². The Bertz CT molecular complexity index is 291. The molecule has 78 valence electrons. The lowest BCUT2D eigenvalue weighted by Gasteiger charge is -2.28. The van der Waals surface area contributed by atoms with Crippen molar-refractivity contribution < 1.29 is 15.0 Å². The van der Waals surface area contributed by atoms with E-state index in [1.54, 1.807) is 13.0 Å². The van der Waals surface area contributed by atoms with Gasteiger partial charge in [-0.2, -0.15) is 0 Å². The fourth-order valence-electron chi connectivity index (χ4n) is 1.67. The number of allylic oxidation sites excluding steroid dienone is 3. The summed E-state index contributed by atoms with van der Waals surface area (Å²) in [6.07, 6.45) is 6.34. The van der Waals surface area contributed by atoms with Gasteiger partial charge in [0.1, 0.15) is 0 Å². The predicted octanol–water partition coefficient (Wildman–Crippen LogP) is 1.73. The Kier molecular flexibility index (Phi) is 3.11. The van der Waals surface area contributed by atoms with Gasteiger partial charge < -0.3 is 10.2 Å². The summed E-state index contributed by atoms with van der Waals surface area (Å²) in [4.78, 5) is 10.9. The lowest BCUT2D eigenvalue weighted by molar-refractivity contribution is -0.154. The van der Waals surface area contributed by atoms with Crippen LogP contribution in [0, 0.1) is 5.92 Å². The Labute approximate surface area is 83.8 Å². The molecule has 0 amide bonds. The van der Waals surface area contributed by atoms with Crippen molar-refractivity contribution in [1.82, 2.24) is 0 Å². The van der Waals surface area contributed by atoms with E-state index in [2.05, 4.69) is 0 Å². The molecule has 0 radical (unpaired) electrons. The van der Waals surface area contributed by atoms with Crippen molar-refractivity contribution in [3.8, 4) is 0 Å². The number of rotatable bonds is 3. The Balaban J connectivity index is 2.96. The van der Waals surface area contributed by atoms with Crippen LogP contribution < -0.4 is 0 Å². The monoisotopic (exact) mass is 196 g/mol. The van der Waals surface area contributed by atoms with E-state index in [0.29, 0.717) is 17.9 Å². The van der Waals surface area contributed by atoms with Gasteiger partial charge >= 0.3 is 5.97 Å². The quantitative estimate of drug-likeness (QED) is 0.722. The van der Waals surface area contributed by atoms with E-state index < -0.39 is 11.6 Å². The zero-order valence-corrected chi connectivity index (χ0v) is 8.53. The highest BCUT2D eigenvalue weighted by atomic mass is 16.4. The minimum atomic E-state index is -1.68. The molecule has 0 saturated carbocycles. The maximum absolute atomic E-state index is 10.9. The first-order valence-corrected chi connectivity index (χ1v) is 4.84. The van der Waals surface area contributed by atoms with Crippen LogP contribution in [0.25, 0.3) is 0 Å². The van der Waals surface area contributed by atoms with Gasteiger partial charge in [-0.15, -0.1) is 0 Å². The Hall–Kier alpha value is -1.09. The summed E-state index contributed by atoms with van der Waals surface area (Å²) in [5.41, 5.74) is -1.08. The van der Waals surface area contributed by atoms with Crippen LogP contribution in [0.5, 0.6) is 0 Å². The summed E-state index contributed by atoms with van der Waals surface area (Å²) in [7, 11) is 0. The first kappa shape index (κ1) is 11.0. The molecular formula is C11H16O3. The largest absolute Gasteiger partial charge is 0.479 e. The smallest absolute Gasteiger partial charge is 0.340 e. The number of carbonyl (C=O) groups is 1. The van der Waals surface area contributed by atoms with Crippen LogP contribution in [-0.4, -0.2) is 21.8 Å². The first-order chi connectivity index (χ1) is 6.50. The highest BCUT2D eigenvalue weighted by Crippen LogP contribution is 2.30. The van der Waals surface area contributed by atoms with Crippen molar-refractivity contribution in [3.63, 3.8) is 0 Å². The number of hydrogen-bond acceptors (Lipinski definition) is 2. The number of carboxylic acid groups (broad SMARTS) is 1. The second-order valence-corrected chi connectivity index (χ2v) is 3.78. The number of aliphatic carboxylic acids is 1. The van der Waals surface area contributed by atoms with Crippen molar-refractivity contribution >= 4 is 5.97 Å². The molecule has 3 nitrogen and oxygen atoms in total. The third-order valence-corrected chi connectivity index (χ3v) is 2.68. The van der Waals surface area contributed by atoms with E-state index >= 15 is 0 Å². The van der Waals surface area contributed by atoms with Crippen LogP contribution in [0.4, 0.5) is 0 Å². The molecule has 0 saturated heterocycles. The highest BCUT2D eigenvalue weighted by molar-refractivity contribution is 5.81. The van der Waals surface area contributed by atoms with Gasteiger partial charge in [-0.3, -0.25) is 0 Å². The van der Waals surface area contributed by atoms with Gasteiger partial charge in [0.15, 0.2) is 5.60 Å². The van der Waals surface area contributed by atoms with Crippen molar-refractivity contribution in [2.45, 2.75) is 32.3 Å². The van der Waals surface area contributed by atoms with E-state index in [-0.39, 0.29) is 6.42 Å². The minimum absolute atomic E-state index is 0.203. The van der Waals surface area contributed by atoms with Crippen molar-refractivity contribution in [2.24, 2.45) is 5.92 Å². The van der Waals surface area contributed by atoms with Crippen LogP contribution in [0.1, 0.15) is 26.7 Å². The predicted molar refractivity (Wildman–Crippen MR) is 53.9 cm³/mol. The Morgan fingerprint density at radius 3 is 2.79 bits per heavy atom.